The topological polar surface area (TPSA) is 58.6 Å². The summed E-state index contributed by atoms with van der Waals surface area (Å²) in [5, 5.41) is 2.76. The highest BCUT2D eigenvalue weighted by molar-refractivity contribution is 5.93. The van der Waals surface area contributed by atoms with E-state index in [9.17, 15) is 9.59 Å². The molecule has 1 atom stereocenters. The lowest BCUT2D eigenvalue weighted by Crippen LogP contribution is -2.35. The third kappa shape index (κ3) is 4.84. The van der Waals surface area contributed by atoms with E-state index in [1.807, 2.05) is 55.4 Å². The summed E-state index contributed by atoms with van der Waals surface area (Å²) in [6, 6.07) is 16.6. The van der Waals surface area contributed by atoms with E-state index < -0.39 is 12.1 Å². The van der Waals surface area contributed by atoms with Crippen molar-refractivity contribution in [2.24, 2.45) is 0 Å². The van der Waals surface area contributed by atoms with Crippen LogP contribution in [0.2, 0.25) is 0 Å². The van der Waals surface area contributed by atoms with Gasteiger partial charge in [0.15, 0.2) is 6.10 Å². The smallest absolute Gasteiger partial charge is 0.338 e. The molecule has 0 aromatic heterocycles. The molecule has 0 aliphatic heterocycles. The Balaban J connectivity index is 1.91. The van der Waals surface area contributed by atoms with E-state index in [1.165, 1.54) is 0 Å². The third-order valence-electron chi connectivity index (χ3n) is 3.56. The Morgan fingerprint density at radius 3 is 2.46 bits per heavy atom. The van der Waals surface area contributed by atoms with Gasteiger partial charge in [-0.2, -0.15) is 0 Å². The normalized spacial score (nSPS) is 11.5. The standard InChI is InChI=1S/C19H22N2O3/c1-14(18(22)20-13-15-8-5-4-6-9-15)24-19(23)16-10-7-11-17(12-16)21(2)3/h4-12,14H,13H2,1-3H3,(H,20,22)/t14-/m0/s1. The van der Waals surface area contributed by atoms with Gasteiger partial charge in [-0.3, -0.25) is 4.79 Å². The van der Waals surface area contributed by atoms with Crippen LogP contribution in [0, 0.1) is 0 Å². The van der Waals surface area contributed by atoms with Crippen molar-refractivity contribution in [2.75, 3.05) is 19.0 Å². The van der Waals surface area contributed by atoms with Crippen LogP contribution in [0.3, 0.4) is 0 Å². The molecular formula is C19H22N2O3. The zero-order chi connectivity index (χ0) is 17.5. The van der Waals surface area contributed by atoms with Crippen LogP contribution in [0.15, 0.2) is 54.6 Å². The van der Waals surface area contributed by atoms with E-state index in [0.29, 0.717) is 12.1 Å². The number of nitrogens with one attached hydrogen (secondary N) is 1. The molecule has 0 bridgehead atoms. The average molecular weight is 326 g/mol. The molecule has 0 heterocycles. The van der Waals surface area contributed by atoms with Gasteiger partial charge in [0, 0.05) is 26.3 Å². The SMILES string of the molecule is C[C@H](OC(=O)c1cccc(N(C)C)c1)C(=O)NCc1ccccc1. The summed E-state index contributed by atoms with van der Waals surface area (Å²) in [5.41, 5.74) is 2.30. The maximum absolute atomic E-state index is 12.2. The van der Waals surface area contributed by atoms with Gasteiger partial charge in [-0.1, -0.05) is 36.4 Å². The molecule has 1 N–H and O–H groups in total. The molecule has 1 amide bonds. The van der Waals surface area contributed by atoms with Gasteiger partial charge in [-0.05, 0) is 30.7 Å². The van der Waals surface area contributed by atoms with E-state index in [0.717, 1.165) is 11.3 Å². The van der Waals surface area contributed by atoms with Crippen LogP contribution in [0.5, 0.6) is 0 Å². The molecule has 126 valence electrons. The van der Waals surface area contributed by atoms with Crippen LogP contribution in [0.4, 0.5) is 5.69 Å². The highest BCUT2D eigenvalue weighted by Crippen LogP contribution is 2.14. The van der Waals surface area contributed by atoms with Crippen LogP contribution < -0.4 is 10.2 Å². The maximum atomic E-state index is 12.2. The van der Waals surface area contributed by atoms with Gasteiger partial charge in [-0.25, -0.2) is 4.79 Å². The Morgan fingerprint density at radius 2 is 1.79 bits per heavy atom. The fourth-order valence-corrected chi connectivity index (χ4v) is 2.12. The van der Waals surface area contributed by atoms with E-state index in [2.05, 4.69) is 5.32 Å². The van der Waals surface area contributed by atoms with E-state index in [4.69, 9.17) is 4.74 Å². The Morgan fingerprint density at radius 1 is 1.08 bits per heavy atom. The Bertz CT molecular complexity index is 699. The quantitative estimate of drug-likeness (QED) is 0.829. The van der Waals surface area contributed by atoms with Gasteiger partial charge in [0.1, 0.15) is 0 Å². The molecule has 0 fully saturated rings. The first-order valence-electron chi connectivity index (χ1n) is 7.77. The van der Waals surface area contributed by atoms with Crippen LogP contribution in [0.25, 0.3) is 0 Å². The van der Waals surface area contributed by atoms with Crippen LogP contribution >= 0.6 is 0 Å². The molecule has 0 aliphatic rings. The predicted molar refractivity (Wildman–Crippen MR) is 93.9 cm³/mol. The van der Waals surface area contributed by atoms with Crippen molar-refractivity contribution < 1.29 is 14.3 Å². The van der Waals surface area contributed by atoms with Gasteiger partial charge in [0.2, 0.25) is 0 Å². The zero-order valence-electron chi connectivity index (χ0n) is 14.2. The number of benzene rings is 2. The first-order chi connectivity index (χ1) is 11.5. The lowest BCUT2D eigenvalue weighted by atomic mass is 10.2. The number of carbonyl (C=O) groups is 2. The largest absolute Gasteiger partial charge is 0.449 e. The first kappa shape index (κ1) is 17.5. The molecular weight excluding hydrogens is 304 g/mol. The molecule has 2 aromatic carbocycles. The number of anilines is 1. The van der Waals surface area contributed by atoms with Crippen LogP contribution in [0.1, 0.15) is 22.8 Å². The van der Waals surface area contributed by atoms with Gasteiger partial charge in [0.05, 0.1) is 5.56 Å². The average Bonchev–Trinajstić information content (AvgIpc) is 2.60. The number of ether oxygens (including phenoxy) is 1. The molecule has 5 heteroatoms. The summed E-state index contributed by atoms with van der Waals surface area (Å²) in [6.45, 7) is 1.96. The fraction of sp³-hybridized carbons (Fsp3) is 0.263. The predicted octanol–water partition coefficient (Wildman–Crippen LogP) is 2.61. The second-order valence-electron chi connectivity index (χ2n) is 5.70. The molecule has 0 saturated heterocycles. The number of hydrogen-bond donors (Lipinski definition) is 1. The number of nitrogens with zero attached hydrogens (tertiary/aromatic N) is 1. The Labute approximate surface area is 142 Å². The number of amides is 1. The highest BCUT2D eigenvalue weighted by atomic mass is 16.5. The number of esters is 1. The second kappa shape index (κ2) is 8.15. The summed E-state index contributed by atoms with van der Waals surface area (Å²) < 4.78 is 5.25. The first-order valence-corrected chi connectivity index (χ1v) is 7.77. The fourth-order valence-electron chi connectivity index (χ4n) is 2.12. The number of carbonyl (C=O) groups excluding carboxylic acids is 2. The van der Waals surface area contributed by atoms with E-state index >= 15 is 0 Å². The lowest BCUT2D eigenvalue weighted by Gasteiger charge is -2.15. The van der Waals surface area contributed by atoms with Crippen molar-refractivity contribution in [2.45, 2.75) is 19.6 Å². The van der Waals surface area contributed by atoms with Crippen LogP contribution in [-0.2, 0) is 16.1 Å². The van der Waals surface area contributed by atoms with Gasteiger partial charge in [0.25, 0.3) is 5.91 Å². The van der Waals surface area contributed by atoms with Crippen LogP contribution in [-0.4, -0.2) is 32.1 Å². The van der Waals surface area contributed by atoms with E-state index in [1.54, 1.807) is 25.1 Å². The summed E-state index contributed by atoms with van der Waals surface area (Å²) in [4.78, 5) is 26.1. The molecule has 2 rings (SSSR count). The Hall–Kier alpha value is -2.82. The molecule has 0 aliphatic carbocycles. The maximum Gasteiger partial charge on any atom is 0.338 e. The molecule has 0 spiro atoms. The summed E-state index contributed by atoms with van der Waals surface area (Å²) in [7, 11) is 3.79. The summed E-state index contributed by atoms with van der Waals surface area (Å²) in [6.07, 6.45) is -0.857. The summed E-state index contributed by atoms with van der Waals surface area (Å²) in [5.74, 6) is -0.836. The van der Waals surface area contributed by atoms with Crippen molar-refractivity contribution in [3.63, 3.8) is 0 Å². The van der Waals surface area contributed by atoms with Crippen molar-refractivity contribution in [3.8, 4) is 0 Å². The molecule has 24 heavy (non-hydrogen) atoms. The van der Waals surface area contributed by atoms with Gasteiger partial charge >= 0.3 is 5.97 Å². The van der Waals surface area contributed by atoms with Gasteiger partial charge < -0.3 is 15.0 Å². The van der Waals surface area contributed by atoms with Crippen molar-refractivity contribution in [3.05, 3.63) is 65.7 Å². The minimum Gasteiger partial charge on any atom is -0.449 e. The minimum absolute atomic E-state index is 0.323. The molecule has 5 nitrogen and oxygen atoms in total. The molecule has 0 unspecified atom stereocenters. The molecule has 0 saturated carbocycles. The van der Waals surface area contributed by atoms with Crippen molar-refractivity contribution in [1.29, 1.82) is 0 Å². The third-order valence-corrected chi connectivity index (χ3v) is 3.56. The lowest BCUT2D eigenvalue weighted by molar-refractivity contribution is -0.129. The molecule has 0 radical (unpaired) electrons. The van der Waals surface area contributed by atoms with Crippen molar-refractivity contribution >= 4 is 17.6 Å². The van der Waals surface area contributed by atoms with E-state index in [-0.39, 0.29) is 5.91 Å². The van der Waals surface area contributed by atoms with Gasteiger partial charge in [-0.15, -0.1) is 0 Å². The molecule has 2 aromatic rings. The number of rotatable bonds is 6. The minimum atomic E-state index is -0.857. The summed E-state index contributed by atoms with van der Waals surface area (Å²) >= 11 is 0. The Kier molecular flexibility index (Phi) is 5.95. The second-order valence-corrected chi connectivity index (χ2v) is 5.70. The zero-order valence-corrected chi connectivity index (χ0v) is 14.2. The highest BCUT2D eigenvalue weighted by Gasteiger charge is 2.19. The number of hydrogen-bond acceptors (Lipinski definition) is 4. The monoisotopic (exact) mass is 326 g/mol. The van der Waals surface area contributed by atoms with Crippen molar-refractivity contribution in [1.82, 2.24) is 5.32 Å².